The van der Waals surface area contributed by atoms with E-state index in [1.807, 2.05) is 27.7 Å². The number of nitrogens with zero attached hydrogens (tertiary/aromatic N) is 2. The highest BCUT2D eigenvalue weighted by Gasteiger charge is 2.10. The second-order valence-electron chi connectivity index (χ2n) is 4.49. The molecule has 0 aromatic carbocycles. The van der Waals surface area contributed by atoms with Gasteiger partial charge in [0.05, 0.1) is 5.71 Å². The fourth-order valence-electron chi connectivity index (χ4n) is 1.33. The molecule has 4 heteroatoms. The van der Waals surface area contributed by atoms with Crippen LogP contribution in [0.2, 0.25) is 0 Å². The van der Waals surface area contributed by atoms with Crippen LogP contribution in [0.4, 0.5) is 0 Å². The van der Waals surface area contributed by atoms with E-state index in [0.717, 1.165) is 11.6 Å². The molecule has 1 aliphatic rings. The zero-order valence-electron chi connectivity index (χ0n) is 14.9. The minimum Gasteiger partial charge on any atom is -0.388 e. The fraction of sp³-hybridized carbons (Fsp3) is 0.875. The molecule has 0 aromatic rings. The highest BCUT2D eigenvalue weighted by molar-refractivity contribution is 5.78. The van der Waals surface area contributed by atoms with Crippen molar-refractivity contribution in [2.24, 2.45) is 11.1 Å². The molecule has 0 atom stereocenters. The Hall–Kier alpha value is -0.900. The third kappa shape index (κ3) is 22.3. The maximum atomic E-state index is 9.59. The zero-order chi connectivity index (χ0) is 16.4. The number of carbonyl (C=O) groups is 1. The SMILES string of the molecule is CC.CC.CC(C)=NOCC=O.CC1CCN(C)CC1. The fourth-order valence-corrected chi connectivity index (χ4v) is 1.33. The van der Waals surface area contributed by atoms with Gasteiger partial charge in [0.2, 0.25) is 0 Å². The first-order chi connectivity index (χ1) is 9.56. The van der Waals surface area contributed by atoms with Gasteiger partial charge in [0.1, 0.15) is 0 Å². The van der Waals surface area contributed by atoms with Crippen molar-refractivity contribution in [2.75, 3.05) is 26.7 Å². The van der Waals surface area contributed by atoms with Crippen LogP contribution in [-0.4, -0.2) is 43.6 Å². The molecule has 0 amide bonds. The molecule has 0 bridgehead atoms. The van der Waals surface area contributed by atoms with Crippen LogP contribution in [0.3, 0.4) is 0 Å². The summed E-state index contributed by atoms with van der Waals surface area (Å²) in [5.41, 5.74) is 0.812. The Labute approximate surface area is 126 Å². The van der Waals surface area contributed by atoms with E-state index in [2.05, 4.69) is 28.9 Å². The Morgan fingerprint density at radius 1 is 1.20 bits per heavy atom. The molecule has 1 rings (SSSR count). The van der Waals surface area contributed by atoms with Crippen LogP contribution >= 0.6 is 0 Å². The van der Waals surface area contributed by atoms with Gasteiger partial charge in [-0.3, -0.25) is 4.79 Å². The van der Waals surface area contributed by atoms with Crippen molar-refractivity contribution in [2.45, 2.75) is 61.3 Å². The number of rotatable bonds is 3. The van der Waals surface area contributed by atoms with Gasteiger partial charge in [-0.15, -0.1) is 0 Å². The summed E-state index contributed by atoms with van der Waals surface area (Å²) in [7, 11) is 2.20. The van der Waals surface area contributed by atoms with E-state index in [1.54, 1.807) is 13.8 Å². The molecular weight excluding hydrogens is 252 g/mol. The molecule has 0 N–H and O–H groups in total. The van der Waals surface area contributed by atoms with E-state index in [9.17, 15) is 4.79 Å². The van der Waals surface area contributed by atoms with E-state index in [1.165, 1.54) is 25.9 Å². The van der Waals surface area contributed by atoms with Crippen molar-refractivity contribution in [3.8, 4) is 0 Å². The van der Waals surface area contributed by atoms with Crippen LogP contribution in [0.25, 0.3) is 0 Å². The molecule has 0 aliphatic carbocycles. The Kier molecular flexibility index (Phi) is 24.6. The highest BCUT2D eigenvalue weighted by Crippen LogP contribution is 2.13. The van der Waals surface area contributed by atoms with Gasteiger partial charge in [0.25, 0.3) is 0 Å². The summed E-state index contributed by atoms with van der Waals surface area (Å²) >= 11 is 0. The van der Waals surface area contributed by atoms with Crippen LogP contribution in [0.1, 0.15) is 61.3 Å². The summed E-state index contributed by atoms with van der Waals surface area (Å²) in [4.78, 5) is 16.5. The predicted molar refractivity (Wildman–Crippen MR) is 89.4 cm³/mol. The monoisotopic (exact) mass is 288 g/mol. The summed E-state index contributed by atoms with van der Waals surface area (Å²) < 4.78 is 0. The molecule has 1 heterocycles. The van der Waals surface area contributed by atoms with Crippen molar-refractivity contribution in [1.29, 1.82) is 0 Å². The average molecular weight is 288 g/mol. The van der Waals surface area contributed by atoms with Gasteiger partial charge >= 0.3 is 0 Å². The Morgan fingerprint density at radius 3 is 1.95 bits per heavy atom. The first-order valence-electron chi connectivity index (χ1n) is 7.81. The molecule has 4 nitrogen and oxygen atoms in total. The molecule has 1 fully saturated rings. The lowest BCUT2D eigenvalue weighted by atomic mass is 10.00. The van der Waals surface area contributed by atoms with Crippen LogP contribution in [0.15, 0.2) is 5.16 Å². The molecule has 122 valence electrons. The smallest absolute Gasteiger partial charge is 0.172 e. The van der Waals surface area contributed by atoms with Gasteiger partial charge in [-0.25, -0.2) is 0 Å². The normalized spacial score (nSPS) is 14.2. The summed E-state index contributed by atoms with van der Waals surface area (Å²) in [5, 5.41) is 3.50. The quantitative estimate of drug-likeness (QED) is 0.341. The molecule has 20 heavy (non-hydrogen) atoms. The van der Waals surface area contributed by atoms with E-state index < -0.39 is 0 Å². The van der Waals surface area contributed by atoms with Crippen LogP contribution in [0, 0.1) is 5.92 Å². The molecule has 0 spiro atoms. The minimum absolute atomic E-state index is 0.0468. The zero-order valence-corrected chi connectivity index (χ0v) is 14.9. The van der Waals surface area contributed by atoms with Gasteiger partial charge in [-0.05, 0) is 52.7 Å². The van der Waals surface area contributed by atoms with Gasteiger partial charge < -0.3 is 9.74 Å². The maximum absolute atomic E-state index is 9.59. The topological polar surface area (TPSA) is 41.9 Å². The number of hydrogen-bond acceptors (Lipinski definition) is 4. The molecular formula is C16H36N2O2. The Morgan fingerprint density at radius 2 is 1.65 bits per heavy atom. The third-order valence-corrected chi connectivity index (χ3v) is 2.40. The predicted octanol–water partition coefficient (Wildman–Crippen LogP) is 4.00. The minimum atomic E-state index is 0.0468. The second-order valence-corrected chi connectivity index (χ2v) is 4.49. The van der Waals surface area contributed by atoms with Gasteiger partial charge in [-0.2, -0.15) is 0 Å². The summed E-state index contributed by atoms with van der Waals surface area (Å²) in [6, 6.07) is 0. The van der Waals surface area contributed by atoms with Crippen molar-refractivity contribution in [1.82, 2.24) is 4.90 Å². The molecule has 0 aromatic heterocycles. The van der Waals surface area contributed by atoms with E-state index >= 15 is 0 Å². The molecule has 0 saturated carbocycles. The number of hydrogen-bond donors (Lipinski definition) is 0. The van der Waals surface area contributed by atoms with Gasteiger partial charge in [0.15, 0.2) is 12.9 Å². The Balaban J connectivity index is -0.000000231. The molecule has 1 saturated heterocycles. The lowest BCUT2D eigenvalue weighted by Gasteiger charge is -2.26. The number of aldehydes is 1. The van der Waals surface area contributed by atoms with Crippen molar-refractivity contribution in [3.05, 3.63) is 0 Å². The summed E-state index contributed by atoms with van der Waals surface area (Å²) in [6.45, 7) is 16.6. The first-order valence-corrected chi connectivity index (χ1v) is 7.81. The van der Waals surface area contributed by atoms with Crippen molar-refractivity contribution < 1.29 is 9.63 Å². The first kappa shape index (κ1) is 24.1. The summed E-state index contributed by atoms with van der Waals surface area (Å²) in [6.07, 6.45) is 3.46. The number of oxime groups is 1. The highest BCUT2D eigenvalue weighted by atomic mass is 16.6. The number of likely N-dealkylation sites (tertiary alicyclic amines) is 1. The van der Waals surface area contributed by atoms with E-state index in [4.69, 9.17) is 0 Å². The molecule has 1 aliphatic heterocycles. The maximum Gasteiger partial charge on any atom is 0.172 e. The van der Waals surface area contributed by atoms with Crippen molar-refractivity contribution >= 4 is 12.0 Å². The third-order valence-electron chi connectivity index (χ3n) is 2.40. The van der Waals surface area contributed by atoms with E-state index in [0.29, 0.717) is 6.29 Å². The number of carbonyl (C=O) groups excluding carboxylic acids is 1. The molecule has 0 unspecified atom stereocenters. The van der Waals surface area contributed by atoms with Crippen LogP contribution in [0.5, 0.6) is 0 Å². The Bertz CT molecular complexity index is 197. The van der Waals surface area contributed by atoms with E-state index in [-0.39, 0.29) is 6.61 Å². The van der Waals surface area contributed by atoms with Gasteiger partial charge in [0, 0.05) is 0 Å². The lowest BCUT2D eigenvalue weighted by molar-refractivity contribution is -0.111. The number of piperidine rings is 1. The second kappa shape index (κ2) is 20.4. The van der Waals surface area contributed by atoms with Crippen LogP contribution in [-0.2, 0) is 9.63 Å². The standard InChI is InChI=1S/C7H15N.C5H9NO2.2C2H6/c1-7-3-5-8(2)6-4-7;1-5(2)6-8-4-3-7;2*1-2/h7H,3-6H2,1-2H3;3H,4H2,1-2H3;2*1-2H3. The van der Waals surface area contributed by atoms with Crippen LogP contribution < -0.4 is 0 Å². The van der Waals surface area contributed by atoms with Crippen molar-refractivity contribution in [3.63, 3.8) is 0 Å². The van der Waals surface area contributed by atoms with Gasteiger partial charge in [-0.1, -0.05) is 39.8 Å². The lowest BCUT2D eigenvalue weighted by Crippen LogP contribution is -2.28. The summed E-state index contributed by atoms with van der Waals surface area (Å²) in [5.74, 6) is 0.978. The molecule has 0 radical (unpaired) electrons. The average Bonchev–Trinajstić information content (AvgIpc) is 2.47. The largest absolute Gasteiger partial charge is 0.388 e.